The maximum atomic E-state index is 5.58. The van der Waals surface area contributed by atoms with Crippen LogP contribution < -0.4 is 5.73 Å². The molecule has 0 heterocycles. The van der Waals surface area contributed by atoms with Crippen LogP contribution in [0.4, 0.5) is 5.69 Å². The van der Waals surface area contributed by atoms with Crippen LogP contribution >= 0.6 is 72.7 Å². The van der Waals surface area contributed by atoms with Crippen molar-refractivity contribution in [3.05, 3.63) is 23.7 Å². The van der Waals surface area contributed by atoms with Gasteiger partial charge in [0.15, 0.2) is 0 Å². The van der Waals surface area contributed by atoms with Crippen molar-refractivity contribution in [3.8, 4) is 0 Å². The van der Waals surface area contributed by atoms with Gasteiger partial charge in [-0.25, -0.2) is 4.99 Å². The molecule has 0 aliphatic heterocycles. The van der Waals surface area contributed by atoms with Crippen molar-refractivity contribution in [2.75, 3.05) is 5.88 Å². The van der Waals surface area contributed by atoms with E-state index in [0.29, 0.717) is 5.84 Å². The molecule has 0 aromatic heterocycles. The van der Waals surface area contributed by atoms with E-state index < -0.39 is 0 Å². The number of hydrogen-bond donors (Lipinski definition) is 1. The zero-order valence-electron chi connectivity index (χ0n) is 6.90. The minimum atomic E-state index is 0.252. The van der Waals surface area contributed by atoms with Crippen LogP contribution in [0, 0.1) is 7.14 Å². The maximum absolute atomic E-state index is 5.58. The summed E-state index contributed by atoms with van der Waals surface area (Å²) in [6.07, 6.45) is 0. The number of amidine groups is 1. The number of hydrogen-bond acceptors (Lipinski definition) is 1. The van der Waals surface area contributed by atoms with Crippen LogP contribution in [0.25, 0.3) is 0 Å². The third-order valence-electron chi connectivity index (χ3n) is 1.37. The zero-order valence-corrected chi connectivity index (χ0v) is 13.6. The van der Waals surface area contributed by atoms with E-state index in [9.17, 15) is 0 Å². The summed E-state index contributed by atoms with van der Waals surface area (Å²) >= 11 is 13.4. The van der Waals surface area contributed by atoms with Crippen molar-refractivity contribution in [3.63, 3.8) is 0 Å². The fourth-order valence-corrected chi connectivity index (χ4v) is 4.20. The molecule has 0 saturated carbocycles. The molecule has 1 aromatic rings. The molecule has 14 heavy (non-hydrogen) atoms. The van der Waals surface area contributed by atoms with Gasteiger partial charge in [-0.2, -0.15) is 0 Å². The molecule has 1 aromatic carbocycles. The van der Waals surface area contributed by atoms with Gasteiger partial charge in [0.05, 0.1) is 11.6 Å². The van der Waals surface area contributed by atoms with Gasteiger partial charge in [0.2, 0.25) is 0 Å². The molecule has 0 bridgehead atoms. The van der Waals surface area contributed by atoms with Gasteiger partial charge in [-0.1, -0.05) is 15.9 Å². The van der Waals surface area contributed by atoms with E-state index in [-0.39, 0.29) is 5.88 Å². The Morgan fingerprint density at radius 1 is 1.43 bits per heavy atom. The Morgan fingerprint density at radius 3 is 2.36 bits per heavy atom. The van der Waals surface area contributed by atoms with Crippen LogP contribution in [0.1, 0.15) is 0 Å². The molecule has 2 N–H and O–H groups in total. The highest BCUT2D eigenvalue weighted by Gasteiger charge is 2.05. The SMILES string of the molecule is NC(CCl)=Nc1c(I)cc(Br)cc1I. The molecular weight excluding hydrogens is 493 g/mol. The van der Waals surface area contributed by atoms with Gasteiger partial charge < -0.3 is 5.73 Å². The van der Waals surface area contributed by atoms with E-state index in [1.807, 2.05) is 12.1 Å². The highest BCUT2D eigenvalue weighted by atomic mass is 127. The summed E-state index contributed by atoms with van der Waals surface area (Å²) in [6, 6.07) is 3.98. The number of rotatable bonds is 2. The molecule has 76 valence electrons. The monoisotopic (exact) mass is 498 g/mol. The van der Waals surface area contributed by atoms with E-state index in [1.54, 1.807) is 0 Å². The first-order valence-electron chi connectivity index (χ1n) is 3.58. The van der Waals surface area contributed by atoms with Crippen molar-refractivity contribution in [2.45, 2.75) is 0 Å². The predicted molar refractivity (Wildman–Crippen MR) is 81.6 cm³/mol. The summed E-state index contributed by atoms with van der Waals surface area (Å²) in [5.41, 5.74) is 6.46. The second kappa shape index (κ2) is 5.86. The molecule has 1 rings (SSSR count). The van der Waals surface area contributed by atoms with Gasteiger partial charge in [0.1, 0.15) is 5.84 Å². The molecule has 0 spiro atoms. The molecule has 0 radical (unpaired) electrons. The fourth-order valence-electron chi connectivity index (χ4n) is 0.815. The number of aliphatic imine (C=N–C) groups is 1. The minimum absolute atomic E-state index is 0.252. The Balaban J connectivity index is 3.21. The normalized spacial score (nSPS) is 11.9. The average molecular weight is 499 g/mol. The Morgan fingerprint density at radius 2 is 1.93 bits per heavy atom. The molecule has 6 heteroatoms. The number of nitrogens with zero attached hydrogens (tertiary/aromatic N) is 1. The van der Waals surface area contributed by atoms with E-state index in [4.69, 9.17) is 17.3 Å². The summed E-state index contributed by atoms with van der Waals surface area (Å²) in [5.74, 6) is 0.687. The Labute approximate surface area is 123 Å². The second-order valence-electron chi connectivity index (χ2n) is 2.45. The molecule has 0 fully saturated rings. The Hall–Kier alpha value is 0.920. The lowest BCUT2D eigenvalue weighted by Gasteiger charge is -2.04. The van der Waals surface area contributed by atoms with E-state index in [2.05, 4.69) is 66.1 Å². The number of benzene rings is 1. The molecule has 0 aliphatic rings. The summed E-state index contributed by atoms with van der Waals surface area (Å²) in [5, 5.41) is 0. The van der Waals surface area contributed by atoms with Crippen LogP contribution in [0.2, 0.25) is 0 Å². The van der Waals surface area contributed by atoms with Crippen molar-refractivity contribution in [1.82, 2.24) is 0 Å². The van der Waals surface area contributed by atoms with Crippen LogP contribution in [0.15, 0.2) is 21.6 Å². The van der Waals surface area contributed by atoms with Gasteiger partial charge in [0.25, 0.3) is 0 Å². The standard InChI is InChI=1S/C8H6BrClI2N2/c9-4-1-5(11)8(6(12)2-4)14-7(13)3-10/h1-2H,3H2,(H2,13,14). The molecular formula is C8H6BrClI2N2. The lowest BCUT2D eigenvalue weighted by Crippen LogP contribution is -2.12. The third-order valence-corrected chi connectivity index (χ3v) is 3.75. The predicted octanol–water partition coefficient (Wildman–Crippen LogP) is 3.89. The first-order valence-corrected chi connectivity index (χ1v) is 7.06. The van der Waals surface area contributed by atoms with Gasteiger partial charge in [0, 0.05) is 11.6 Å². The van der Waals surface area contributed by atoms with Crippen molar-refractivity contribution in [1.29, 1.82) is 0 Å². The number of nitrogens with two attached hydrogens (primary N) is 1. The highest BCUT2D eigenvalue weighted by Crippen LogP contribution is 2.31. The summed E-state index contributed by atoms with van der Waals surface area (Å²) < 4.78 is 3.14. The Bertz CT molecular complexity index is 359. The molecule has 0 atom stereocenters. The topological polar surface area (TPSA) is 38.4 Å². The van der Waals surface area contributed by atoms with Crippen LogP contribution in [-0.4, -0.2) is 11.7 Å². The lowest BCUT2D eigenvalue weighted by atomic mass is 10.3. The zero-order chi connectivity index (χ0) is 10.7. The number of halogens is 4. The number of alkyl halides is 1. The highest BCUT2D eigenvalue weighted by molar-refractivity contribution is 14.1. The molecule has 0 saturated heterocycles. The fraction of sp³-hybridized carbons (Fsp3) is 0.125. The first-order chi connectivity index (χ1) is 6.54. The molecule has 2 nitrogen and oxygen atoms in total. The average Bonchev–Trinajstić information content (AvgIpc) is 2.10. The maximum Gasteiger partial charge on any atom is 0.115 e. The molecule has 0 unspecified atom stereocenters. The summed E-state index contributed by atoms with van der Waals surface area (Å²) in [4.78, 5) is 4.24. The molecule has 0 aliphatic carbocycles. The first kappa shape index (κ1) is 13.0. The summed E-state index contributed by atoms with van der Waals surface area (Å²) in [6.45, 7) is 0. The van der Waals surface area contributed by atoms with E-state index >= 15 is 0 Å². The largest absolute Gasteiger partial charge is 0.386 e. The van der Waals surface area contributed by atoms with Gasteiger partial charge in [-0.3, -0.25) is 0 Å². The second-order valence-corrected chi connectivity index (χ2v) is 5.96. The lowest BCUT2D eigenvalue weighted by molar-refractivity contribution is 1.40. The van der Waals surface area contributed by atoms with Gasteiger partial charge in [-0.15, -0.1) is 11.6 Å². The Kier molecular flexibility index (Phi) is 5.43. The van der Waals surface area contributed by atoms with Gasteiger partial charge >= 0.3 is 0 Å². The van der Waals surface area contributed by atoms with Crippen LogP contribution in [-0.2, 0) is 0 Å². The van der Waals surface area contributed by atoms with Crippen molar-refractivity contribution in [2.24, 2.45) is 10.7 Å². The molecule has 0 amide bonds. The quantitative estimate of drug-likeness (QED) is 0.285. The minimum Gasteiger partial charge on any atom is -0.386 e. The summed E-state index contributed by atoms with van der Waals surface area (Å²) in [7, 11) is 0. The van der Waals surface area contributed by atoms with Crippen LogP contribution in [0.5, 0.6) is 0 Å². The smallest absolute Gasteiger partial charge is 0.115 e. The third kappa shape index (κ3) is 3.49. The van der Waals surface area contributed by atoms with E-state index in [0.717, 1.165) is 17.3 Å². The van der Waals surface area contributed by atoms with Crippen LogP contribution in [0.3, 0.4) is 0 Å². The van der Waals surface area contributed by atoms with Crippen molar-refractivity contribution < 1.29 is 0 Å². The van der Waals surface area contributed by atoms with E-state index in [1.165, 1.54) is 0 Å². The van der Waals surface area contributed by atoms with Gasteiger partial charge in [-0.05, 0) is 57.3 Å². The van der Waals surface area contributed by atoms with Crippen molar-refractivity contribution >= 4 is 84.2 Å².